The first-order chi connectivity index (χ1) is 13.3. The summed E-state index contributed by atoms with van der Waals surface area (Å²) in [5.41, 5.74) is 3.30. The first-order valence-corrected chi connectivity index (χ1v) is 8.87. The molecule has 0 amide bonds. The third-order valence-electron chi connectivity index (χ3n) is 3.81. The second kappa shape index (κ2) is 9.61. The lowest BCUT2D eigenvalue weighted by Gasteiger charge is -2.20. The number of ether oxygens (including phenoxy) is 2. The molecule has 2 aromatic carbocycles. The van der Waals surface area contributed by atoms with E-state index in [1.807, 2.05) is 20.8 Å². The van der Waals surface area contributed by atoms with Crippen molar-refractivity contribution >= 4 is 17.5 Å². The van der Waals surface area contributed by atoms with Gasteiger partial charge in [0, 0.05) is 11.3 Å². The van der Waals surface area contributed by atoms with Gasteiger partial charge in [-0.1, -0.05) is 6.07 Å². The maximum atomic E-state index is 11.8. The largest absolute Gasteiger partial charge is 0.490 e. The van der Waals surface area contributed by atoms with Crippen molar-refractivity contribution in [1.82, 2.24) is 5.48 Å². The number of benzene rings is 2. The Bertz CT molecular complexity index is 821. The Kier molecular flexibility index (Phi) is 7.22. The predicted molar refractivity (Wildman–Crippen MR) is 106 cm³/mol. The lowest BCUT2D eigenvalue weighted by atomic mass is 10.1. The highest BCUT2D eigenvalue weighted by atomic mass is 16.5. The van der Waals surface area contributed by atoms with Crippen molar-refractivity contribution in [2.24, 2.45) is 0 Å². The fourth-order valence-corrected chi connectivity index (χ4v) is 2.58. The molecule has 0 heterocycles. The molecule has 0 aromatic heterocycles. The van der Waals surface area contributed by atoms with E-state index in [0.717, 1.165) is 0 Å². The highest BCUT2D eigenvalue weighted by Crippen LogP contribution is 2.32. The Morgan fingerprint density at radius 2 is 1.82 bits per heavy atom. The molecule has 1 atom stereocenters. The second-order valence-electron chi connectivity index (χ2n) is 6.29. The van der Waals surface area contributed by atoms with E-state index >= 15 is 0 Å². The molecule has 5 N–H and O–H groups in total. The summed E-state index contributed by atoms with van der Waals surface area (Å²) in [6.07, 6.45) is -0.0379. The third kappa shape index (κ3) is 5.37. The number of nitrogens with one attached hydrogen (secondary N) is 3. The number of hydroxylamine groups is 1. The van der Waals surface area contributed by atoms with Crippen LogP contribution in [0.5, 0.6) is 11.5 Å². The summed E-state index contributed by atoms with van der Waals surface area (Å²) in [7, 11) is 0. The van der Waals surface area contributed by atoms with Gasteiger partial charge >= 0.3 is 5.97 Å². The second-order valence-corrected chi connectivity index (χ2v) is 6.29. The molecule has 0 spiro atoms. The molecule has 0 saturated heterocycles. The van der Waals surface area contributed by atoms with E-state index in [0.29, 0.717) is 34.9 Å². The number of hydrogen-bond donors (Lipinski definition) is 5. The Labute approximate surface area is 163 Å². The summed E-state index contributed by atoms with van der Waals surface area (Å²) >= 11 is 0. The van der Waals surface area contributed by atoms with Gasteiger partial charge < -0.3 is 19.9 Å². The monoisotopic (exact) mass is 387 g/mol. The van der Waals surface area contributed by atoms with Gasteiger partial charge in [-0.15, -0.1) is 0 Å². The highest BCUT2D eigenvalue weighted by Gasteiger charge is 2.22. The molecule has 0 fully saturated rings. The van der Waals surface area contributed by atoms with Crippen molar-refractivity contribution in [2.75, 3.05) is 11.9 Å². The third-order valence-corrected chi connectivity index (χ3v) is 3.81. The van der Waals surface area contributed by atoms with Crippen molar-refractivity contribution in [2.45, 2.75) is 32.9 Å². The number of rotatable bonds is 9. The van der Waals surface area contributed by atoms with E-state index in [1.165, 1.54) is 0 Å². The molecule has 0 aliphatic heterocycles. The van der Waals surface area contributed by atoms with Crippen molar-refractivity contribution in [1.29, 1.82) is 5.41 Å². The molecule has 8 nitrogen and oxygen atoms in total. The molecule has 150 valence electrons. The average Bonchev–Trinajstić information content (AvgIpc) is 2.67. The molecule has 2 aromatic rings. The maximum absolute atomic E-state index is 11.8. The van der Waals surface area contributed by atoms with E-state index in [-0.39, 0.29) is 11.9 Å². The fourth-order valence-electron chi connectivity index (χ4n) is 2.58. The molecule has 0 bridgehead atoms. The number of carboxylic acid groups (broad SMARTS) is 1. The van der Waals surface area contributed by atoms with Gasteiger partial charge in [0.25, 0.3) is 0 Å². The lowest BCUT2D eigenvalue weighted by molar-refractivity contribution is -0.138. The fraction of sp³-hybridized carbons (Fsp3) is 0.300. The number of amidine groups is 1. The molecular weight excluding hydrogens is 362 g/mol. The number of aliphatic carboxylic acids is 1. The smallest absolute Gasteiger partial charge is 0.330 e. The van der Waals surface area contributed by atoms with Gasteiger partial charge in [0.05, 0.1) is 12.7 Å². The minimum absolute atomic E-state index is 0.0379. The van der Waals surface area contributed by atoms with Gasteiger partial charge in [0.1, 0.15) is 5.84 Å². The van der Waals surface area contributed by atoms with E-state index in [1.54, 1.807) is 47.9 Å². The van der Waals surface area contributed by atoms with Crippen LogP contribution in [0.3, 0.4) is 0 Å². The number of carbonyl (C=O) groups is 1. The van der Waals surface area contributed by atoms with E-state index in [2.05, 4.69) is 5.32 Å². The summed E-state index contributed by atoms with van der Waals surface area (Å²) < 4.78 is 11.3. The zero-order chi connectivity index (χ0) is 20.7. The summed E-state index contributed by atoms with van der Waals surface area (Å²) in [6.45, 7) is 6.08. The Morgan fingerprint density at radius 1 is 1.14 bits per heavy atom. The first kappa shape index (κ1) is 21.0. The molecule has 0 saturated carbocycles. The van der Waals surface area contributed by atoms with Crippen LogP contribution in [-0.4, -0.2) is 34.8 Å². The van der Waals surface area contributed by atoms with Crippen molar-refractivity contribution in [3.8, 4) is 11.5 Å². The van der Waals surface area contributed by atoms with E-state index in [9.17, 15) is 9.90 Å². The first-order valence-electron chi connectivity index (χ1n) is 8.87. The molecule has 2 rings (SSSR count). The topological polar surface area (TPSA) is 124 Å². The summed E-state index contributed by atoms with van der Waals surface area (Å²) in [6, 6.07) is 10.5. The SMILES string of the molecule is CCOc1cc(C(Nc2ccc(C(=N)NO)cc2)C(=O)O)ccc1OC(C)C. The minimum Gasteiger partial charge on any atom is -0.490 e. The molecule has 1 unspecified atom stereocenters. The summed E-state index contributed by atoms with van der Waals surface area (Å²) in [5, 5.41) is 29.0. The molecule has 0 radical (unpaired) electrons. The van der Waals surface area contributed by atoms with Gasteiger partial charge in [-0.2, -0.15) is 0 Å². The predicted octanol–water partition coefficient (Wildman–Crippen LogP) is 3.41. The van der Waals surface area contributed by atoms with E-state index < -0.39 is 12.0 Å². The Morgan fingerprint density at radius 3 is 2.36 bits per heavy atom. The van der Waals surface area contributed by atoms with Crippen LogP contribution in [0.2, 0.25) is 0 Å². The standard InChI is InChI=1S/C20H25N3O5/c1-4-27-17-11-14(7-10-16(17)28-12(2)3)18(20(24)25)22-15-8-5-13(6-9-15)19(21)23-26/h5-12,18,22,26H,4H2,1-3H3,(H2,21,23)(H,24,25). The van der Waals surface area contributed by atoms with Crippen LogP contribution in [0, 0.1) is 5.41 Å². The zero-order valence-electron chi connectivity index (χ0n) is 16.0. The van der Waals surface area contributed by atoms with Gasteiger partial charge in [-0.25, -0.2) is 4.79 Å². The van der Waals surface area contributed by atoms with Gasteiger partial charge in [-0.05, 0) is 62.7 Å². The van der Waals surface area contributed by atoms with Gasteiger partial charge in [0.15, 0.2) is 17.5 Å². The number of hydrogen-bond acceptors (Lipinski definition) is 6. The van der Waals surface area contributed by atoms with Crippen LogP contribution in [0.1, 0.15) is 37.9 Å². The van der Waals surface area contributed by atoms with Gasteiger partial charge in [-0.3, -0.25) is 16.1 Å². The lowest BCUT2D eigenvalue weighted by Crippen LogP contribution is -2.21. The molecule has 0 aliphatic carbocycles. The summed E-state index contributed by atoms with van der Waals surface area (Å²) in [4.78, 5) is 11.8. The van der Waals surface area contributed by atoms with Crippen LogP contribution in [0.4, 0.5) is 5.69 Å². The minimum atomic E-state index is -1.05. The van der Waals surface area contributed by atoms with E-state index in [4.69, 9.17) is 20.1 Å². The molecule has 28 heavy (non-hydrogen) atoms. The van der Waals surface area contributed by atoms with Crippen LogP contribution in [-0.2, 0) is 4.79 Å². The number of anilines is 1. The van der Waals surface area contributed by atoms with Crippen LogP contribution < -0.4 is 20.3 Å². The average molecular weight is 387 g/mol. The summed E-state index contributed by atoms with van der Waals surface area (Å²) in [5.74, 6) is -0.152. The van der Waals surface area contributed by atoms with Crippen molar-refractivity contribution in [3.05, 3.63) is 53.6 Å². The quantitative estimate of drug-likeness (QED) is 0.254. The van der Waals surface area contributed by atoms with Crippen LogP contribution >= 0.6 is 0 Å². The molecule has 0 aliphatic rings. The molecule has 8 heteroatoms. The Hall–Kier alpha value is -3.26. The maximum Gasteiger partial charge on any atom is 0.330 e. The van der Waals surface area contributed by atoms with Crippen LogP contribution in [0.25, 0.3) is 0 Å². The highest BCUT2D eigenvalue weighted by molar-refractivity contribution is 5.95. The Balaban J connectivity index is 2.29. The van der Waals surface area contributed by atoms with Crippen LogP contribution in [0.15, 0.2) is 42.5 Å². The van der Waals surface area contributed by atoms with Crippen molar-refractivity contribution < 1.29 is 24.6 Å². The van der Waals surface area contributed by atoms with Gasteiger partial charge in [0.2, 0.25) is 0 Å². The molecular formula is C20H25N3O5. The zero-order valence-corrected chi connectivity index (χ0v) is 16.0. The van der Waals surface area contributed by atoms with Crippen molar-refractivity contribution in [3.63, 3.8) is 0 Å². The normalized spacial score (nSPS) is 11.6. The number of carboxylic acids is 1.